The summed E-state index contributed by atoms with van der Waals surface area (Å²) in [5, 5.41) is 2.52. The number of hydrogen-bond acceptors (Lipinski definition) is 4. The molecule has 1 unspecified atom stereocenters. The van der Waals surface area contributed by atoms with E-state index in [9.17, 15) is 14.4 Å². The lowest BCUT2D eigenvalue weighted by Gasteiger charge is -2.31. The van der Waals surface area contributed by atoms with E-state index in [2.05, 4.69) is 10.1 Å². The molecular formula is C15H18N2O4. The summed E-state index contributed by atoms with van der Waals surface area (Å²) in [6, 6.07) is 6.69. The Bertz CT molecular complexity index is 571. The van der Waals surface area contributed by atoms with Gasteiger partial charge in [-0.25, -0.2) is 4.79 Å². The van der Waals surface area contributed by atoms with Gasteiger partial charge >= 0.3 is 5.97 Å². The maximum Gasteiger partial charge on any atom is 0.330 e. The van der Waals surface area contributed by atoms with Crippen molar-refractivity contribution in [1.82, 2.24) is 5.32 Å². The van der Waals surface area contributed by atoms with Crippen LogP contribution >= 0.6 is 0 Å². The number of hydrogen-bond donors (Lipinski definition) is 1. The molecule has 1 aromatic carbocycles. The van der Waals surface area contributed by atoms with Gasteiger partial charge in [-0.15, -0.1) is 0 Å². The van der Waals surface area contributed by atoms with Gasteiger partial charge in [0.15, 0.2) is 0 Å². The zero-order chi connectivity index (χ0) is 15.4. The monoisotopic (exact) mass is 290 g/mol. The van der Waals surface area contributed by atoms with Gasteiger partial charge < -0.3 is 15.0 Å². The molecule has 2 amide bonds. The molecule has 0 fully saturated rings. The SMILES string of the molecule is COC(=O)C(CN1C(=O)CCc2ccccc21)NC(C)=O. The minimum Gasteiger partial charge on any atom is -0.467 e. The molecule has 0 radical (unpaired) electrons. The number of anilines is 1. The molecule has 1 N–H and O–H groups in total. The third kappa shape index (κ3) is 3.39. The van der Waals surface area contributed by atoms with Gasteiger partial charge in [-0.1, -0.05) is 18.2 Å². The van der Waals surface area contributed by atoms with Crippen molar-refractivity contribution < 1.29 is 19.1 Å². The Morgan fingerprint density at radius 3 is 2.71 bits per heavy atom. The second-order valence-corrected chi connectivity index (χ2v) is 4.91. The van der Waals surface area contributed by atoms with Gasteiger partial charge in [0, 0.05) is 19.0 Å². The van der Waals surface area contributed by atoms with Gasteiger partial charge in [-0.2, -0.15) is 0 Å². The molecule has 1 aromatic rings. The van der Waals surface area contributed by atoms with Crippen molar-refractivity contribution in [3.8, 4) is 0 Å². The number of para-hydroxylation sites is 1. The highest BCUT2D eigenvalue weighted by molar-refractivity contribution is 5.97. The van der Waals surface area contributed by atoms with Crippen LogP contribution < -0.4 is 10.2 Å². The Kier molecular flexibility index (Phi) is 4.57. The Labute approximate surface area is 123 Å². The Balaban J connectivity index is 2.25. The molecule has 1 aliphatic rings. The van der Waals surface area contributed by atoms with E-state index in [1.807, 2.05) is 24.3 Å². The summed E-state index contributed by atoms with van der Waals surface area (Å²) in [5.74, 6) is -0.975. The first-order chi connectivity index (χ1) is 10.0. The van der Waals surface area contributed by atoms with Crippen molar-refractivity contribution in [3.63, 3.8) is 0 Å². The van der Waals surface area contributed by atoms with Gasteiger partial charge in [0.05, 0.1) is 13.7 Å². The minimum atomic E-state index is -0.873. The smallest absolute Gasteiger partial charge is 0.330 e. The average Bonchev–Trinajstić information content (AvgIpc) is 2.48. The second kappa shape index (κ2) is 6.39. The molecule has 0 bridgehead atoms. The van der Waals surface area contributed by atoms with Gasteiger partial charge in [-0.05, 0) is 18.1 Å². The summed E-state index contributed by atoms with van der Waals surface area (Å²) in [6.07, 6.45) is 1.08. The van der Waals surface area contributed by atoms with E-state index in [1.54, 1.807) is 0 Å². The summed E-state index contributed by atoms with van der Waals surface area (Å²) >= 11 is 0. The third-order valence-corrected chi connectivity index (χ3v) is 3.42. The number of carbonyl (C=O) groups excluding carboxylic acids is 3. The quantitative estimate of drug-likeness (QED) is 0.826. The number of esters is 1. The number of carbonyl (C=O) groups is 3. The van der Waals surface area contributed by atoms with Crippen molar-refractivity contribution in [3.05, 3.63) is 29.8 Å². The van der Waals surface area contributed by atoms with Crippen LogP contribution in [0.1, 0.15) is 18.9 Å². The number of methoxy groups -OCH3 is 1. The average molecular weight is 290 g/mol. The van der Waals surface area contributed by atoms with E-state index >= 15 is 0 Å². The lowest BCUT2D eigenvalue weighted by atomic mass is 10.0. The van der Waals surface area contributed by atoms with Crippen LogP contribution in [0.2, 0.25) is 0 Å². The van der Waals surface area contributed by atoms with Crippen LogP contribution in [0.15, 0.2) is 24.3 Å². The highest BCUT2D eigenvalue weighted by Gasteiger charge is 2.30. The summed E-state index contributed by atoms with van der Waals surface area (Å²) in [4.78, 5) is 36.7. The van der Waals surface area contributed by atoms with Crippen molar-refractivity contribution in [2.24, 2.45) is 0 Å². The predicted molar refractivity (Wildman–Crippen MR) is 76.7 cm³/mol. The highest BCUT2D eigenvalue weighted by atomic mass is 16.5. The van der Waals surface area contributed by atoms with Crippen LogP contribution in [-0.4, -0.2) is 37.5 Å². The largest absolute Gasteiger partial charge is 0.467 e. The van der Waals surface area contributed by atoms with E-state index in [0.717, 1.165) is 11.3 Å². The standard InChI is InChI=1S/C15H18N2O4/c1-10(18)16-12(15(20)21-2)9-17-13-6-4-3-5-11(13)7-8-14(17)19/h3-6,12H,7-9H2,1-2H3,(H,16,18). The fourth-order valence-corrected chi connectivity index (χ4v) is 2.45. The van der Waals surface area contributed by atoms with Crippen molar-refractivity contribution in [1.29, 1.82) is 0 Å². The summed E-state index contributed by atoms with van der Waals surface area (Å²) < 4.78 is 4.69. The van der Waals surface area contributed by atoms with Crippen LogP contribution in [-0.2, 0) is 25.5 Å². The first-order valence-electron chi connectivity index (χ1n) is 6.76. The summed E-state index contributed by atoms with van der Waals surface area (Å²) in [6.45, 7) is 1.39. The maximum absolute atomic E-state index is 12.2. The fourth-order valence-electron chi connectivity index (χ4n) is 2.45. The Morgan fingerprint density at radius 2 is 2.05 bits per heavy atom. The highest BCUT2D eigenvalue weighted by Crippen LogP contribution is 2.27. The number of nitrogens with one attached hydrogen (secondary N) is 1. The molecule has 6 nitrogen and oxygen atoms in total. The third-order valence-electron chi connectivity index (χ3n) is 3.42. The van der Waals surface area contributed by atoms with Gasteiger partial charge in [0.2, 0.25) is 11.8 Å². The first-order valence-corrected chi connectivity index (χ1v) is 6.76. The topological polar surface area (TPSA) is 75.7 Å². The lowest BCUT2D eigenvalue weighted by molar-refractivity contribution is -0.144. The number of ether oxygens (including phenoxy) is 1. The van der Waals surface area contributed by atoms with E-state index < -0.39 is 12.0 Å². The molecule has 0 saturated carbocycles. The van der Waals surface area contributed by atoms with E-state index in [0.29, 0.717) is 12.8 Å². The number of amides is 2. The van der Waals surface area contributed by atoms with Crippen molar-refractivity contribution in [2.75, 3.05) is 18.6 Å². The number of nitrogens with zero attached hydrogens (tertiary/aromatic N) is 1. The zero-order valence-corrected chi connectivity index (χ0v) is 12.1. The number of aryl methyl sites for hydroxylation is 1. The number of rotatable bonds is 4. The molecular weight excluding hydrogens is 272 g/mol. The molecule has 2 rings (SSSR count). The fraction of sp³-hybridized carbons (Fsp3) is 0.400. The van der Waals surface area contributed by atoms with E-state index in [4.69, 9.17) is 0 Å². The zero-order valence-electron chi connectivity index (χ0n) is 12.1. The molecule has 0 aromatic heterocycles. The molecule has 1 heterocycles. The number of fused-ring (bicyclic) bond motifs is 1. The predicted octanol–water partition coefficient (Wildman–Crippen LogP) is 0.643. The molecule has 112 valence electrons. The van der Waals surface area contributed by atoms with Crippen LogP contribution in [0.3, 0.4) is 0 Å². The molecule has 0 saturated heterocycles. The van der Waals surface area contributed by atoms with Gasteiger partial charge in [0.25, 0.3) is 0 Å². The molecule has 6 heteroatoms. The molecule has 0 aliphatic carbocycles. The first kappa shape index (κ1) is 15.0. The van der Waals surface area contributed by atoms with Crippen LogP contribution in [0, 0.1) is 0 Å². The lowest BCUT2D eigenvalue weighted by Crippen LogP contribution is -2.51. The van der Waals surface area contributed by atoms with Crippen LogP contribution in [0.5, 0.6) is 0 Å². The summed E-state index contributed by atoms with van der Waals surface area (Å²) in [7, 11) is 1.25. The van der Waals surface area contributed by atoms with E-state index in [-0.39, 0.29) is 18.4 Å². The van der Waals surface area contributed by atoms with Crippen LogP contribution in [0.25, 0.3) is 0 Å². The molecule has 1 aliphatic heterocycles. The Hall–Kier alpha value is -2.37. The normalized spacial score (nSPS) is 15.1. The summed E-state index contributed by atoms with van der Waals surface area (Å²) in [5.41, 5.74) is 1.84. The maximum atomic E-state index is 12.2. The van der Waals surface area contributed by atoms with E-state index in [1.165, 1.54) is 18.9 Å². The van der Waals surface area contributed by atoms with Gasteiger partial charge in [-0.3, -0.25) is 9.59 Å². The van der Waals surface area contributed by atoms with Crippen molar-refractivity contribution >= 4 is 23.5 Å². The van der Waals surface area contributed by atoms with Gasteiger partial charge in [0.1, 0.15) is 6.04 Å². The molecule has 21 heavy (non-hydrogen) atoms. The second-order valence-electron chi connectivity index (χ2n) is 4.91. The molecule has 0 spiro atoms. The molecule has 1 atom stereocenters. The Morgan fingerprint density at radius 1 is 1.33 bits per heavy atom. The van der Waals surface area contributed by atoms with Crippen molar-refractivity contribution in [2.45, 2.75) is 25.8 Å². The van der Waals surface area contributed by atoms with Crippen LogP contribution in [0.4, 0.5) is 5.69 Å². The minimum absolute atomic E-state index is 0.0621. The number of benzene rings is 1.